The van der Waals surface area contributed by atoms with E-state index in [1.165, 1.54) is 6.07 Å². The number of urea groups is 1. The summed E-state index contributed by atoms with van der Waals surface area (Å²) >= 11 is 11.6. The Morgan fingerprint density at radius 3 is 2.42 bits per heavy atom. The van der Waals surface area contributed by atoms with Gasteiger partial charge in [0.05, 0.1) is 15.5 Å². The zero-order valence-corrected chi connectivity index (χ0v) is 12.1. The highest BCUT2D eigenvalue weighted by Gasteiger charge is 2.25. The van der Waals surface area contributed by atoms with Crippen LogP contribution in [-0.2, 0) is 4.79 Å². The zero-order valence-electron chi connectivity index (χ0n) is 10.6. The van der Waals surface area contributed by atoms with Crippen LogP contribution in [-0.4, -0.2) is 18.5 Å². The van der Waals surface area contributed by atoms with Crippen molar-refractivity contribution in [3.8, 4) is 0 Å². The minimum atomic E-state index is -0.811. The summed E-state index contributed by atoms with van der Waals surface area (Å²) in [7, 11) is 0. The third kappa shape index (κ3) is 4.61. The molecule has 1 aromatic carbocycles. The molecule has 0 saturated carbocycles. The lowest BCUT2D eigenvalue weighted by molar-refractivity contribution is -0.125. The van der Waals surface area contributed by atoms with E-state index in [0.717, 1.165) is 0 Å². The maximum absolute atomic E-state index is 11.6. The first-order chi connectivity index (χ1) is 8.72. The third-order valence-corrected chi connectivity index (χ3v) is 3.27. The first kappa shape index (κ1) is 15.6. The van der Waals surface area contributed by atoms with Gasteiger partial charge in [-0.3, -0.25) is 4.79 Å². The molecule has 0 spiro atoms. The molecule has 19 heavy (non-hydrogen) atoms. The number of amides is 3. The van der Waals surface area contributed by atoms with E-state index in [4.69, 9.17) is 28.9 Å². The fourth-order valence-electron chi connectivity index (χ4n) is 1.14. The molecular formula is C12H15Cl2N3O2. The largest absolute Gasteiger partial charge is 0.369 e. The SMILES string of the molecule is CC(C)(CNC(=O)Nc1ccc(Cl)c(Cl)c1)C(N)=O. The predicted molar refractivity (Wildman–Crippen MR) is 76.5 cm³/mol. The lowest BCUT2D eigenvalue weighted by Gasteiger charge is -2.20. The molecule has 0 saturated heterocycles. The molecule has 0 aliphatic heterocycles. The molecule has 7 heteroatoms. The fourth-order valence-corrected chi connectivity index (χ4v) is 1.44. The van der Waals surface area contributed by atoms with E-state index in [1.807, 2.05) is 0 Å². The minimum Gasteiger partial charge on any atom is -0.369 e. The van der Waals surface area contributed by atoms with Gasteiger partial charge < -0.3 is 16.4 Å². The fraction of sp³-hybridized carbons (Fsp3) is 0.333. The van der Waals surface area contributed by atoms with E-state index in [1.54, 1.807) is 26.0 Å². The summed E-state index contributed by atoms with van der Waals surface area (Å²) in [6.07, 6.45) is 0. The number of halogens is 2. The van der Waals surface area contributed by atoms with E-state index in [9.17, 15) is 9.59 Å². The molecule has 0 aromatic heterocycles. The van der Waals surface area contributed by atoms with Crippen LogP contribution < -0.4 is 16.4 Å². The summed E-state index contributed by atoms with van der Waals surface area (Å²) in [5, 5.41) is 5.89. The van der Waals surface area contributed by atoms with Crippen LogP contribution in [0.3, 0.4) is 0 Å². The quantitative estimate of drug-likeness (QED) is 0.799. The average molecular weight is 304 g/mol. The second-order valence-corrected chi connectivity index (χ2v) is 5.50. The molecular weight excluding hydrogens is 289 g/mol. The number of benzene rings is 1. The van der Waals surface area contributed by atoms with Crippen molar-refractivity contribution in [2.75, 3.05) is 11.9 Å². The average Bonchev–Trinajstić information content (AvgIpc) is 2.31. The lowest BCUT2D eigenvalue weighted by Crippen LogP contribution is -2.43. The van der Waals surface area contributed by atoms with Crippen molar-refractivity contribution in [2.24, 2.45) is 11.1 Å². The van der Waals surface area contributed by atoms with Gasteiger partial charge in [0, 0.05) is 12.2 Å². The maximum Gasteiger partial charge on any atom is 0.319 e. The summed E-state index contributed by atoms with van der Waals surface area (Å²) < 4.78 is 0. The van der Waals surface area contributed by atoms with E-state index in [0.29, 0.717) is 15.7 Å². The zero-order chi connectivity index (χ0) is 14.6. The lowest BCUT2D eigenvalue weighted by atomic mass is 9.93. The van der Waals surface area contributed by atoms with Crippen LogP contribution in [0.25, 0.3) is 0 Å². The van der Waals surface area contributed by atoms with E-state index in [-0.39, 0.29) is 6.54 Å². The van der Waals surface area contributed by atoms with Gasteiger partial charge in [0.25, 0.3) is 0 Å². The summed E-state index contributed by atoms with van der Waals surface area (Å²) in [5.41, 5.74) is 4.90. The normalized spacial score (nSPS) is 10.9. The van der Waals surface area contributed by atoms with Gasteiger partial charge in [0.15, 0.2) is 0 Å². The van der Waals surface area contributed by atoms with Crippen molar-refractivity contribution in [1.29, 1.82) is 0 Å². The van der Waals surface area contributed by atoms with Gasteiger partial charge in [0.1, 0.15) is 0 Å². The molecule has 3 amide bonds. The molecule has 4 N–H and O–H groups in total. The van der Waals surface area contributed by atoms with Crippen molar-refractivity contribution >= 4 is 40.8 Å². The summed E-state index contributed by atoms with van der Waals surface area (Å²) in [6.45, 7) is 3.43. The van der Waals surface area contributed by atoms with Gasteiger partial charge in [-0.05, 0) is 32.0 Å². The number of carbonyl (C=O) groups is 2. The van der Waals surface area contributed by atoms with Crippen LogP contribution in [0.5, 0.6) is 0 Å². The van der Waals surface area contributed by atoms with Crippen molar-refractivity contribution in [3.63, 3.8) is 0 Å². The highest BCUT2D eigenvalue weighted by atomic mass is 35.5. The van der Waals surface area contributed by atoms with Gasteiger partial charge in [0.2, 0.25) is 5.91 Å². The molecule has 104 valence electrons. The molecule has 0 fully saturated rings. The first-order valence-electron chi connectivity index (χ1n) is 5.52. The Hall–Kier alpha value is -1.46. The van der Waals surface area contributed by atoms with Crippen molar-refractivity contribution in [2.45, 2.75) is 13.8 Å². The number of hydrogen-bond donors (Lipinski definition) is 3. The standard InChI is InChI=1S/C12H15Cl2N3O2/c1-12(2,10(15)18)6-16-11(19)17-7-3-4-8(13)9(14)5-7/h3-5H,6H2,1-2H3,(H2,15,18)(H2,16,17,19). The summed E-state index contributed by atoms with van der Waals surface area (Å²) in [4.78, 5) is 22.7. The second-order valence-electron chi connectivity index (χ2n) is 4.68. The molecule has 0 bridgehead atoms. The molecule has 5 nitrogen and oxygen atoms in total. The van der Waals surface area contributed by atoms with Crippen LogP contribution in [0.1, 0.15) is 13.8 Å². The summed E-state index contributed by atoms with van der Waals surface area (Å²) in [5.74, 6) is -0.484. The molecule has 0 heterocycles. The molecule has 0 aliphatic carbocycles. The van der Waals surface area contributed by atoms with Gasteiger partial charge in [-0.25, -0.2) is 4.79 Å². The predicted octanol–water partition coefficient (Wildman–Crippen LogP) is 2.63. The van der Waals surface area contributed by atoms with Crippen LogP contribution in [0.15, 0.2) is 18.2 Å². The molecule has 1 rings (SSSR count). The van der Waals surface area contributed by atoms with Crippen molar-refractivity contribution in [1.82, 2.24) is 5.32 Å². The van der Waals surface area contributed by atoms with Gasteiger partial charge >= 0.3 is 6.03 Å². The highest BCUT2D eigenvalue weighted by Crippen LogP contribution is 2.24. The van der Waals surface area contributed by atoms with Gasteiger partial charge in [-0.15, -0.1) is 0 Å². The molecule has 0 radical (unpaired) electrons. The van der Waals surface area contributed by atoms with Gasteiger partial charge in [-0.2, -0.15) is 0 Å². The van der Waals surface area contributed by atoms with E-state index >= 15 is 0 Å². The second kappa shape index (κ2) is 6.12. The van der Waals surface area contributed by atoms with Crippen molar-refractivity contribution < 1.29 is 9.59 Å². The van der Waals surface area contributed by atoms with Crippen LogP contribution in [0.4, 0.5) is 10.5 Å². The molecule has 0 unspecified atom stereocenters. The maximum atomic E-state index is 11.6. The number of carbonyl (C=O) groups excluding carboxylic acids is 2. The van der Waals surface area contributed by atoms with E-state index in [2.05, 4.69) is 10.6 Å². The Balaban J connectivity index is 2.56. The highest BCUT2D eigenvalue weighted by molar-refractivity contribution is 6.42. The topological polar surface area (TPSA) is 84.2 Å². The number of rotatable bonds is 4. The van der Waals surface area contributed by atoms with Crippen LogP contribution >= 0.6 is 23.2 Å². The number of hydrogen-bond acceptors (Lipinski definition) is 2. The smallest absolute Gasteiger partial charge is 0.319 e. The van der Waals surface area contributed by atoms with Gasteiger partial charge in [-0.1, -0.05) is 23.2 Å². The van der Waals surface area contributed by atoms with E-state index < -0.39 is 17.4 Å². The number of anilines is 1. The monoisotopic (exact) mass is 303 g/mol. The Morgan fingerprint density at radius 2 is 1.89 bits per heavy atom. The molecule has 0 atom stereocenters. The Bertz CT molecular complexity index is 504. The van der Waals surface area contributed by atoms with Crippen LogP contribution in [0.2, 0.25) is 10.0 Å². The van der Waals surface area contributed by atoms with Crippen molar-refractivity contribution in [3.05, 3.63) is 28.2 Å². The van der Waals surface area contributed by atoms with Crippen LogP contribution in [0, 0.1) is 5.41 Å². The minimum absolute atomic E-state index is 0.134. The first-order valence-corrected chi connectivity index (χ1v) is 6.28. The number of primary amides is 1. The Kier molecular flexibility index (Phi) is 5.03. The number of nitrogens with two attached hydrogens (primary N) is 1. The molecule has 1 aromatic rings. The Morgan fingerprint density at radius 1 is 1.26 bits per heavy atom. The summed E-state index contributed by atoms with van der Waals surface area (Å²) in [6, 6.07) is 4.27. The number of nitrogens with one attached hydrogen (secondary N) is 2. The Labute approximate surface area is 121 Å². The third-order valence-electron chi connectivity index (χ3n) is 2.54. The molecule has 0 aliphatic rings.